The van der Waals surface area contributed by atoms with E-state index < -0.39 is 0 Å². The molecular formula is C52H32N2. The van der Waals surface area contributed by atoms with Crippen LogP contribution < -0.4 is 0 Å². The second-order valence-corrected chi connectivity index (χ2v) is 14.1. The quantitative estimate of drug-likeness (QED) is 0.136. The van der Waals surface area contributed by atoms with Gasteiger partial charge in [-0.15, -0.1) is 0 Å². The van der Waals surface area contributed by atoms with Crippen molar-refractivity contribution in [3.63, 3.8) is 0 Å². The first-order chi connectivity index (χ1) is 26.8. The summed E-state index contributed by atoms with van der Waals surface area (Å²) in [6, 6.07) is 69.8. The molecule has 0 aliphatic carbocycles. The summed E-state index contributed by atoms with van der Waals surface area (Å²) in [7, 11) is 0. The number of pyridine rings is 2. The van der Waals surface area contributed by atoms with E-state index in [0.29, 0.717) is 0 Å². The molecule has 11 rings (SSSR count). The third kappa shape index (κ3) is 4.81. The third-order valence-corrected chi connectivity index (χ3v) is 11.0. The predicted octanol–water partition coefficient (Wildman–Crippen LogP) is 14.1. The molecule has 0 aliphatic heterocycles. The van der Waals surface area contributed by atoms with Crippen molar-refractivity contribution in [2.45, 2.75) is 0 Å². The molecule has 250 valence electrons. The molecule has 2 heterocycles. The third-order valence-electron chi connectivity index (χ3n) is 11.0. The minimum absolute atomic E-state index is 0.893. The molecule has 2 aromatic heterocycles. The van der Waals surface area contributed by atoms with E-state index in [9.17, 15) is 0 Å². The van der Waals surface area contributed by atoms with Gasteiger partial charge in [0.15, 0.2) is 0 Å². The lowest BCUT2D eigenvalue weighted by atomic mass is 9.90. The summed E-state index contributed by atoms with van der Waals surface area (Å²) in [4.78, 5) is 11.4. The molecule has 0 spiro atoms. The highest BCUT2D eigenvalue weighted by atomic mass is 14.8. The maximum atomic E-state index is 5.69. The van der Waals surface area contributed by atoms with Crippen molar-refractivity contribution in [1.29, 1.82) is 0 Å². The van der Waals surface area contributed by atoms with E-state index in [1.807, 2.05) is 0 Å². The number of hydrogen-bond acceptors (Lipinski definition) is 2. The molecule has 0 fully saturated rings. The summed E-state index contributed by atoms with van der Waals surface area (Å²) in [6.45, 7) is 0. The van der Waals surface area contributed by atoms with Crippen molar-refractivity contribution < 1.29 is 0 Å². The Morgan fingerprint density at radius 2 is 0.574 bits per heavy atom. The van der Waals surface area contributed by atoms with Gasteiger partial charge >= 0.3 is 0 Å². The second kappa shape index (κ2) is 12.2. The largest absolute Gasteiger partial charge is 0.245 e. The molecule has 9 aromatic carbocycles. The van der Waals surface area contributed by atoms with Crippen LogP contribution in [0.5, 0.6) is 0 Å². The van der Waals surface area contributed by atoms with Crippen LogP contribution in [0.1, 0.15) is 0 Å². The van der Waals surface area contributed by atoms with Crippen LogP contribution in [0.25, 0.3) is 110 Å². The SMILES string of the molecule is c1ccc(-c2cc(-c3c4ccccc4cc4ccccc34)nc3c2ccc2c(-c4ccccc4)cc(-c4c5ccccc5cc5ccccc45)nc23)cc1. The molecule has 11 aromatic rings. The molecule has 0 saturated heterocycles. The van der Waals surface area contributed by atoms with Gasteiger partial charge in [0.05, 0.1) is 22.4 Å². The van der Waals surface area contributed by atoms with Crippen LogP contribution in [0.4, 0.5) is 0 Å². The highest BCUT2D eigenvalue weighted by Gasteiger charge is 2.20. The molecule has 0 bridgehead atoms. The lowest BCUT2D eigenvalue weighted by Gasteiger charge is -2.18. The fourth-order valence-corrected chi connectivity index (χ4v) is 8.52. The summed E-state index contributed by atoms with van der Waals surface area (Å²) in [5, 5.41) is 11.7. The van der Waals surface area contributed by atoms with Crippen LogP contribution in [0, 0.1) is 0 Å². The first-order valence-electron chi connectivity index (χ1n) is 18.5. The Morgan fingerprint density at radius 3 is 0.926 bits per heavy atom. The summed E-state index contributed by atoms with van der Waals surface area (Å²) in [6.07, 6.45) is 0. The Hall–Kier alpha value is -7.16. The summed E-state index contributed by atoms with van der Waals surface area (Å²) in [5.74, 6) is 0. The Labute approximate surface area is 312 Å². The number of fused-ring (bicyclic) bond motifs is 7. The van der Waals surface area contributed by atoms with Crippen LogP contribution in [-0.2, 0) is 0 Å². The van der Waals surface area contributed by atoms with E-state index in [1.54, 1.807) is 0 Å². The topological polar surface area (TPSA) is 25.8 Å². The highest BCUT2D eigenvalue weighted by Crippen LogP contribution is 2.44. The van der Waals surface area contributed by atoms with Gasteiger partial charge in [0.25, 0.3) is 0 Å². The van der Waals surface area contributed by atoms with E-state index in [-0.39, 0.29) is 0 Å². The van der Waals surface area contributed by atoms with Gasteiger partial charge in [0.2, 0.25) is 0 Å². The molecule has 0 amide bonds. The van der Waals surface area contributed by atoms with Gasteiger partial charge in [-0.3, -0.25) is 0 Å². The molecule has 0 N–H and O–H groups in total. The number of benzene rings is 9. The molecule has 54 heavy (non-hydrogen) atoms. The predicted molar refractivity (Wildman–Crippen MR) is 229 cm³/mol. The first kappa shape index (κ1) is 30.5. The monoisotopic (exact) mass is 684 g/mol. The Kier molecular flexibility index (Phi) is 6.90. The molecule has 2 heteroatoms. The number of rotatable bonds is 4. The van der Waals surface area contributed by atoms with Crippen LogP contribution in [0.15, 0.2) is 194 Å². The minimum Gasteiger partial charge on any atom is -0.245 e. The molecule has 0 radical (unpaired) electrons. The van der Waals surface area contributed by atoms with E-state index >= 15 is 0 Å². The Morgan fingerprint density at radius 1 is 0.259 bits per heavy atom. The van der Waals surface area contributed by atoms with E-state index in [1.165, 1.54) is 43.1 Å². The van der Waals surface area contributed by atoms with Gasteiger partial charge in [-0.1, -0.05) is 170 Å². The van der Waals surface area contributed by atoms with E-state index in [2.05, 4.69) is 194 Å². The normalized spacial score (nSPS) is 11.7. The lowest BCUT2D eigenvalue weighted by Crippen LogP contribution is -1.97. The lowest BCUT2D eigenvalue weighted by molar-refractivity contribution is 1.38. The number of hydrogen-bond donors (Lipinski definition) is 0. The molecular weight excluding hydrogens is 653 g/mol. The van der Waals surface area contributed by atoms with Gasteiger partial charge in [-0.05, 0) is 89.6 Å². The van der Waals surface area contributed by atoms with Crippen molar-refractivity contribution >= 4 is 64.9 Å². The summed E-state index contributed by atoms with van der Waals surface area (Å²) < 4.78 is 0. The second-order valence-electron chi connectivity index (χ2n) is 14.1. The molecule has 2 nitrogen and oxygen atoms in total. The summed E-state index contributed by atoms with van der Waals surface area (Å²) in [5.41, 5.74) is 10.5. The zero-order valence-electron chi connectivity index (χ0n) is 29.4. The fourth-order valence-electron chi connectivity index (χ4n) is 8.52. The first-order valence-corrected chi connectivity index (χ1v) is 18.5. The minimum atomic E-state index is 0.893. The summed E-state index contributed by atoms with van der Waals surface area (Å²) >= 11 is 0. The van der Waals surface area contributed by atoms with Crippen molar-refractivity contribution in [3.05, 3.63) is 194 Å². The van der Waals surface area contributed by atoms with Crippen LogP contribution in [0.3, 0.4) is 0 Å². The van der Waals surface area contributed by atoms with Crippen LogP contribution in [-0.4, -0.2) is 9.97 Å². The Balaban J connectivity index is 1.33. The van der Waals surface area contributed by atoms with Gasteiger partial charge in [-0.25, -0.2) is 9.97 Å². The average molecular weight is 685 g/mol. The van der Waals surface area contributed by atoms with Crippen LogP contribution in [0.2, 0.25) is 0 Å². The van der Waals surface area contributed by atoms with E-state index in [0.717, 1.165) is 66.6 Å². The van der Waals surface area contributed by atoms with Gasteiger partial charge in [0, 0.05) is 21.9 Å². The molecule has 0 saturated carbocycles. The van der Waals surface area contributed by atoms with Crippen LogP contribution >= 0.6 is 0 Å². The van der Waals surface area contributed by atoms with Gasteiger partial charge in [0.1, 0.15) is 0 Å². The van der Waals surface area contributed by atoms with Crippen molar-refractivity contribution in [2.75, 3.05) is 0 Å². The fraction of sp³-hybridized carbons (Fsp3) is 0. The van der Waals surface area contributed by atoms with Crippen molar-refractivity contribution in [2.24, 2.45) is 0 Å². The van der Waals surface area contributed by atoms with Crippen molar-refractivity contribution in [1.82, 2.24) is 9.97 Å². The average Bonchev–Trinajstić information content (AvgIpc) is 3.24. The zero-order chi connectivity index (χ0) is 35.6. The van der Waals surface area contributed by atoms with Gasteiger partial charge in [-0.2, -0.15) is 0 Å². The maximum absolute atomic E-state index is 5.69. The van der Waals surface area contributed by atoms with Gasteiger partial charge < -0.3 is 0 Å². The highest BCUT2D eigenvalue weighted by molar-refractivity contribution is 6.18. The maximum Gasteiger partial charge on any atom is 0.0978 e. The van der Waals surface area contributed by atoms with E-state index in [4.69, 9.17) is 9.97 Å². The molecule has 0 aliphatic rings. The molecule has 0 atom stereocenters. The Bertz CT molecular complexity index is 2930. The standard InChI is InChI=1S/C52H32N2/c1-3-15-33(16-4-1)45-31-47(49-39-23-11-7-19-35(39)29-36-20-8-12-24-40(36)49)53-51-43(45)27-28-44-46(34-17-5-2-6-18-34)32-48(54-52(44)51)50-41-25-13-9-21-37(41)30-38-22-10-14-26-42(38)50/h1-32H. The smallest absolute Gasteiger partial charge is 0.0978 e. The molecule has 0 unspecified atom stereocenters. The number of aromatic nitrogens is 2. The zero-order valence-corrected chi connectivity index (χ0v) is 29.4. The van der Waals surface area contributed by atoms with Crippen molar-refractivity contribution in [3.8, 4) is 44.8 Å². The number of nitrogens with zero attached hydrogens (tertiary/aromatic N) is 2.